The van der Waals surface area contributed by atoms with Gasteiger partial charge >= 0.3 is 191 Å². The van der Waals surface area contributed by atoms with Crippen molar-refractivity contribution in [2.75, 3.05) is 201 Å². The van der Waals surface area contributed by atoms with E-state index in [4.69, 9.17) is 64.3 Å². The van der Waals surface area contributed by atoms with Crippen LogP contribution in [-0.4, -0.2) is 295 Å². The van der Waals surface area contributed by atoms with E-state index < -0.39 is 40.7 Å². The number of aromatic amines is 1. The minimum atomic E-state index is -4.20. The van der Waals surface area contributed by atoms with Crippen molar-refractivity contribution in [1.82, 2.24) is 44.8 Å². The van der Waals surface area contributed by atoms with E-state index >= 15 is 0 Å². The van der Waals surface area contributed by atoms with Crippen LogP contribution < -0.4 is 21.3 Å². The number of hydrogen-bond donors (Lipinski definition) is 4. The Morgan fingerprint density at radius 2 is 1.24 bits per heavy atom. The number of nitrogens with zero attached hydrogens (tertiary/aromatic N) is 8. The number of benzene rings is 2. The maximum Gasteiger partial charge on any atom is 0.144 e. The molecular weight excluding hydrogens is 1280 g/mol. The zero-order chi connectivity index (χ0) is 62.3. The molecular formula is C60H85ClFInN12O14. The van der Waals surface area contributed by atoms with Gasteiger partial charge in [0.15, 0.2) is 0 Å². The molecule has 2 aromatic heterocycles. The van der Waals surface area contributed by atoms with Crippen molar-refractivity contribution < 1.29 is 65.3 Å². The van der Waals surface area contributed by atoms with Crippen molar-refractivity contribution >= 4 is 86.6 Å². The Hall–Kier alpha value is -5.34. The number of halogens is 2. The van der Waals surface area contributed by atoms with Crippen molar-refractivity contribution in [3.8, 4) is 22.5 Å². The van der Waals surface area contributed by atoms with E-state index in [1.165, 1.54) is 6.07 Å². The number of imidazole rings is 1. The number of ether oxygens (including phenoxy) is 6. The maximum absolute atomic E-state index is 15.0. The summed E-state index contributed by atoms with van der Waals surface area (Å²) in [6.07, 6.45) is 5.15. The molecule has 5 N–H and O–H groups in total. The quantitative estimate of drug-likeness (QED) is 0.0593. The monoisotopic (exact) mass is 1370 g/mol. The summed E-state index contributed by atoms with van der Waals surface area (Å²) in [5.41, 5.74) is 12.0. The number of anilines is 2. The molecule has 29 heteroatoms. The summed E-state index contributed by atoms with van der Waals surface area (Å²) in [5, 5.41) is 7.23. The summed E-state index contributed by atoms with van der Waals surface area (Å²) in [6.45, 7) is 13.3. The summed E-state index contributed by atoms with van der Waals surface area (Å²) in [5.74, 6) is -0.928. The average molecular weight is 1370 g/mol. The SMILES string of the molecule is Cc1cc(F)cc(-c2cnc(NC3CCN(C(=O)CCOCCOCCOCCOCCOCCOCCNC(=O)CN4CCN5CCN6CCN(CC4)CC(=O)[O][In]([O]C(=O)C5)[O]C(=O)C6)CC3)c(-c3nc4ccc(Cl)cc4[nH]3)c2N2CCC(N)CC2)c1. The molecule has 2 amide bonds. The first-order valence-corrected chi connectivity index (χ1v) is 35.4. The third-order valence-corrected chi connectivity index (χ3v) is 20.2. The molecule has 89 heavy (non-hydrogen) atoms. The Bertz CT molecular complexity index is 2900. The predicted molar refractivity (Wildman–Crippen MR) is 329 cm³/mol. The minimum absolute atomic E-state index is 0.0168. The molecule has 9 rings (SSSR count). The van der Waals surface area contributed by atoms with Gasteiger partial charge in [0.25, 0.3) is 0 Å². The van der Waals surface area contributed by atoms with Gasteiger partial charge in [-0.2, -0.15) is 0 Å². The number of carbonyl (C=O) groups excluding carboxylic acids is 5. The molecule has 2 atom stereocenters. The molecule has 4 bridgehead atoms. The van der Waals surface area contributed by atoms with E-state index in [9.17, 15) is 28.4 Å². The van der Waals surface area contributed by atoms with Crippen LogP contribution in [0.2, 0.25) is 5.02 Å². The van der Waals surface area contributed by atoms with E-state index in [1.807, 2.05) is 61.9 Å². The van der Waals surface area contributed by atoms with E-state index in [1.54, 1.807) is 6.07 Å². The Morgan fingerprint density at radius 3 is 1.80 bits per heavy atom. The van der Waals surface area contributed by atoms with Crippen LogP contribution in [0, 0.1) is 12.7 Å². The second-order valence-electron chi connectivity index (χ2n) is 22.8. The van der Waals surface area contributed by atoms with Crippen molar-refractivity contribution in [1.29, 1.82) is 0 Å². The molecule has 5 fully saturated rings. The van der Waals surface area contributed by atoms with Gasteiger partial charge in [0.2, 0.25) is 5.91 Å². The van der Waals surface area contributed by atoms with Gasteiger partial charge < -0.3 is 54.3 Å². The van der Waals surface area contributed by atoms with Crippen molar-refractivity contribution in [3.63, 3.8) is 0 Å². The first-order chi connectivity index (χ1) is 43.3. The number of amides is 2. The number of H-pyrrole nitrogens is 1. The van der Waals surface area contributed by atoms with Crippen molar-refractivity contribution in [3.05, 3.63) is 59.0 Å². The van der Waals surface area contributed by atoms with Crippen molar-refractivity contribution in [2.45, 2.75) is 51.1 Å². The van der Waals surface area contributed by atoms with Crippen molar-refractivity contribution in [2.24, 2.45) is 5.73 Å². The maximum atomic E-state index is 15.0. The molecule has 5 saturated heterocycles. The van der Waals surface area contributed by atoms with Crippen LogP contribution in [0.4, 0.5) is 15.9 Å². The Morgan fingerprint density at radius 1 is 0.697 bits per heavy atom. The minimum Gasteiger partial charge on any atom is -0.370 e. The van der Waals surface area contributed by atoms with E-state index in [-0.39, 0.29) is 62.3 Å². The molecule has 486 valence electrons. The van der Waals surface area contributed by atoms with Gasteiger partial charge in [-0.15, -0.1) is 0 Å². The zero-order valence-corrected chi connectivity index (χ0v) is 55.0. The van der Waals surface area contributed by atoms with Crippen LogP contribution in [-0.2, 0) is 61.0 Å². The first kappa shape index (κ1) is 68.0. The summed E-state index contributed by atoms with van der Waals surface area (Å²) in [6, 6.07) is 10.7. The summed E-state index contributed by atoms with van der Waals surface area (Å²) < 4.78 is 65.1. The van der Waals surface area contributed by atoms with Crippen LogP contribution in [0.25, 0.3) is 33.5 Å². The Labute approximate surface area is 533 Å². The van der Waals surface area contributed by atoms with Crippen LogP contribution in [0.3, 0.4) is 0 Å². The van der Waals surface area contributed by atoms with Crippen LogP contribution in [0.1, 0.15) is 37.7 Å². The second-order valence-corrected chi connectivity index (χ2v) is 26.9. The zero-order valence-electron chi connectivity index (χ0n) is 50.9. The van der Waals surface area contributed by atoms with Gasteiger partial charge in [-0.3, -0.25) is 4.79 Å². The molecule has 5 aliphatic rings. The predicted octanol–water partition coefficient (Wildman–Crippen LogP) is 2.19. The molecule has 2 unspecified atom stereocenters. The number of likely N-dealkylation sites (tertiary alicyclic amines) is 1. The number of carbonyl (C=O) groups is 5. The van der Waals surface area contributed by atoms with Crippen LogP contribution in [0.15, 0.2) is 42.6 Å². The van der Waals surface area contributed by atoms with E-state index in [0.717, 1.165) is 64.9 Å². The third kappa shape index (κ3) is 21.9. The molecule has 2 aromatic carbocycles. The number of nitrogens with one attached hydrogen (secondary N) is 3. The van der Waals surface area contributed by atoms with E-state index in [2.05, 4.69) is 20.5 Å². The number of pyridine rings is 1. The number of aromatic nitrogens is 3. The molecule has 5 aliphatic heterocycles. The Balaban J connectivity index is 0.587. The number of hydrogen-bond acceptors (Lipinski definition) is 23. The Kier molecular flexibility index (Phi) is 27.1. The largest absolute Gasteiger partial charge is 0.370 e. The van der Waals surface area contributed by atoms with Gasteiger partial charge in [-0.25, -0.2) is 14.4 Å². The fraction of sp³-hybridized carbons (Fsp3) is 0.617. The van der Waals surface area contributed by atoms with E-state index in [0.29, 0.717) is 181 Å². The number of nitrogens with two attached hydrogens (primary N) is 1. The molecule has 26 nitrogen and oxygen atoms in total. The van der Waals surface area contributed by atoms with Crippen LogP contribution >= 0.6 is 11.6 Å². The molecule has 0 saturated carbocycles. The number of aryl methyl sites for hydroxylation is 1. The summed E-state index contributed by atoms with van der Waals surface area (Å²) in [4.78, 5) is 90.1. The molecule has 0 radical (unpaired) electrons. The molecule has 0 aliphatic carbocycles. The number of rotatable bonds is 28. The standard InChI is InChI=1S/C60H88ClFN12O14.In/c1-43-34-44(36-46(62)35-43)49-38-65-59(57(58(49)74-10-4-47(63)5-11-74)60-67-50-3-2-45(61)37-51(50)68-60)66-48-6-12-73(13-7-48)53(76)8-22-83-24-26-85-28-30-87-32-33-88-31-29-86-27-25-84-23-9-64-52(75)39-69-14-16-70(40-54(77)78)18-20-72(42-56(81)82)21-19-71(17-15-69)41-55(79)80;/h2-3,34-38,47-48H,4-33,39-42,63H2,1H3,(H,64,75)(H,65,66)(H,67,68)(H,77,78)(H,79,80)(H,81,82);/q;+3/p-3. The normalized spacial score (nSPS) is 20.3. The number of piperidine rings is 2. The third-order valence-electron chi connectivity index (χ3n) is 16.1. The second kappa shape index (κ2) is 35.5. The fourth-order valence-corrected chi connectivity index (χ4v) is 14.3. The summed E-state index contributed by atoms with van der Waals surface area (Å²) in [7, 11) is 0. The van der Waals surface area contributed by atoms with Gasteiger partial charge in [-0.1, -0.05) is 17.7 Å². The van der Waals surface area contributed by atoms with Gasteiger partial charge in [-0.05, 0) is 74.1 Å². The van der Waals surface area contributed by atoms with Gasteiger partial charge in [0, 0.05) is 55.0 Å². The van der Waals surface area contributed by atoms with Gasteiger partial charge in [0.1, 0.15) is 17.5 Å². The smallest absolute Gasteiger partial charge is 0.144 e. The topological polar surface area (TPSA) is 280 Å². The first-order valence-electron chi connectivity index (χ1n) is 31.0. The average Bonchev–Trinajstić information content (AvgIpc) is 2.16. The summed E-state index contributed by atoms with van der Waals surface area (Å²) >= 11 is 2.21. The molecule has 7 heterocycles. The number of fused-ring (bicyclic) bond motifs is 8. The fourth-order valence-electron chi connectivity index (χ4n) is 11.3. The molecule has 4 aromatic rings. The van der Waals surface area contributed by atoms with Crippen LogP contribution in [0.5, 0.6) is 0 Å². The molecule has 0 spiro atoms. The van der Waals surface area contributed by atoms with Gasteiger partial charge in [0.05, 0.1) is 101 Å².